The molecule has 11 heavy (non-hydrogen) atoms. The fourth-order valence-corrected chi connectivity index (χ4v) is 1.00. The lowest BCUT2D eigenvalue weighted by molar-refractivity contribution is -0.133. The monoisotopic (exact) mass is 153 g/mol. The molecular formula is C8H11NO2. The Morgan fingerprint density at radius 3 is 2.64 bits per heavy atom. The van der Waals surface area contributed by atoms with E-state index in [1.807, 2.05) is 4.90 Å². The molecule has 0 atom stereocenters. The molecule has 0 aliphatic carbocycles. The first-order valence-corrected chi connectivity index (χ1v) is 3.67. The van der Waals surface area contributed by atoms with Crippen molar-refractivity contribution in [2.45, 2.75) is 12.8 Å². The molecule has 0 radical (unpaired) electrons. The summed E-state index contributed by atoms with van der Waals surface area (Å²) in [6.45, 7) is 1.95. The van der Waals surface area contributed by atoms with Crippen LogP contribution in [0.25, 0.3) is 0 Å². The molecule has 0 bridgehead atoms. The number of rotatable bonds is 0. The Labute approximate surface area is 66.3 Å². The van der Waals surface area contributed by atoms with Gasteiger partial charge < -0.3 is 9.64 Å². The molecule has 3 heteroatoms. The van der Waals surface area contributed by atoms with Gasteiger partial charge in [0.2, 0.25) is 0 Å². The molecule has 0 saturated carbocycles. The minimum Gasteiger partial charge on any atom is -0.459 e. The lowest BCUT2D eigenvalue weighted by Gasteiger charge is -2.04. The van der Waals surface area contributed by atoms with Crippen LogP contribution in [0, 0.1) is 12.0 Å². The first-order valence-electron chi connectivity index (χ1n) is 3.67. The van der Waals surface area contributed by atoms with E-state index >= 15 is 0 Å². The van der Waals surface area contributed by atoms with Gasteiger partial charge in [-0.3, -0.25) is 0 Å². The summed E-state index contributed by atoms with van der Waals surface area (Å²) >= 11 is 0. The topological polar surface area (TPSA) is 29.5 Å². The Hall–Kier alpha value is -1.17. The summed E-state index contributed by atoms with van der Waals surface area (Å²) in [5, 5.41) is 0. The molecule has 0 amide bonds. The molecule has 1 fully saturated rings. The molecule has 0 unspecified atom stereocenters. The van der Waals surface area contributed by atoms with E-state index in [0.717, 1.165) is 13.1 Å². The van der Waals surface area contributed by atoms with Gasteiger partial charge in [-0.2, -0.15) is 0 Å². The number of hydrogen-bond donors (Lipinski definition) is 0. The van der Waals surface area contributed by atoms with E-state index in [1.54, 1.807) is 0 Å². The van der Waals surface area contributed by atoms with Crippen LogP contribution in [0.1, 0.15) is 12.8 Å². The van der Waals surface area contributed by atoms with Crippen molar-refractivity contribution in [1.82, 2.24) is 4.90 Å². The first-order chi connectivity index (χ1) is 5.33. The lowest BCUT2D eigenvalue weighted by atomic mass is 10.4. The highest BCUT2D eigenvalue weighted by Crippen LogP contribution is 2.04. The number of esters is 1. The third kappa shape index (κ3) is 2.50. The smallest absolute Gasteiger partial charge is 0.385 e. The Morgan fingerprint density at radius 2 is 2.09 bits per heavy atom. The number of hydrogen-bond acceptors (Lipinski definition) is 3. The average molecular weight is 153 g/mol. The Bertz CT molecular complexity index is 196. The summed E-state index contributed by atoms with van der Waals surface area (Å²) in [5.41, 5.74) is 0. The number of carbonyl (C=O) groups is 1. The van der Waals surface area contributed by atoms with Crippen LogP contribution in [0.3, 0.4) is 0 Å². The highest BCUT2D eigenvalue weighted by Gasteiger charge is 2.06. The molecule has 0 aromatic heterocycles. The SMILES string of the molecule is COC(=O)C#CN1CCCC1. The van der Waals surface area contributed by atoms with Gasteiger partial charge in [0.15, 0.2) is 0 Å². The summed E-state index contributed by atoms with van der Waals surface area (Å²) in [4.78, 5) is 12.5. The van der Waals surface area contributed by atoms with E-state index in [1.165, 1.54) is 20.0 Å². The van der Waals surface area contributed by atoms with E-state index in [9.17, 15) is 4.79 Å². The van der Waals surface area contributed by atoms with Gasteiger partial charge in [-0.15, -0.1) is 0 Å². The second-order valence-electron chi connectivity index (χ2n) is 2.42. The van der Waals surface area contributed by atoms with Crippen LogP contribution in [0.15, 0.2) is 0 Å². The highest BCUT2D eigenvalue weighted by molar-refractivity contribution is 5.88. The Balaban J connectivity index is 2.36. The number of nitrogens with zero attached hydrogens (tertiary/aromatic N) is 1. The first kappa shape index (κ1) is 7.93. The normalized spacial score (nSPS) is 15.5. The molecule has 3 nitrogen and oxygen atoms in total. The maximum absolute atomic E-state index is 10.5. The van der Waals surface area contributed by atoms with Crippen molar-refractivity contribution >= 4 is 5.97 Å². The predicted molar refractivity (Wildman–Crippen MR) is 40.6 cm³/mol. The number of carbonyl (C=O) groups excluding carboxylic acids is 1. The van der Waals surface area contributed by atoms with Gasteiger partial charge in [0.1, 0.15) is 0 Å². The van der Waals surface area contributed by atoms with Crippen LogP contribution < -0.4 is 0 Å². The molecular weight excluding hydrogens is 142 g/mol. The summed E-state index contributed by atoms with van der Waals surface area (Å²) in [5.74, 6) is 1.93. The number of likely N-dealkylation sites (tertiary alicyclic amines) is 1. The fourth-order valence-electron chi connectivity index (χ4n) is 1.00. The van der Waals surface area contributed by atoms with Gasteiger partial charge in [-0.05, 0) is 12.8 Å². The van der Waals surface area contributed by atoms with E-state index < -0.39 is 5.97 Å². The minimum absolute atomic E-state index is 0.461. The van der Waals surface area contributed by atoms with Crippen LogP contribution >= 0.6 is 0 Å². The quantitative estimate of drug-likeness (QED) is 0.368. The second kappa shape index (κ2) is 3.87. The summed E-state index contributed by atoms with van der Waals surface area (Å²) in [6.07, 6.45) is 2.35. The lowest BCUT2D eigenvalue weighted by Crippen LogP contribution is -2.12. The van der Waals surface area contributed by atoms with Crippen LogP contribution in [0.2, 0.25) is 0 Å². The number of ether oxygens (including phenoxy) is 1. The second-order valence-corrected chi connectivity index (χ2v) is 2.42. The molecule has 0 aromatic rings. The molecule has 60 valence electrons. The molecule has 1 saturated heterocycles. The third-order valence-electron chi connectivity index (χ3n) is 1.61. The Kier molecular flexibility index (Phi) is 2.79. The molecule has 0 aromatic carbocycles. The molecule has 0 spiro atoms. The summed E-state index contributed by atoms with van der Waals surface area (Å²) in [6, 6.07) is 2.74. The van der Waals surface area contributed by atoms with Gasteiger partial charge in [0, 0.05) is 25.1 Å². The zero-order chi connectivity index (χ0) is 8.10. The van der Waals surface area contributed by atoms with Gasteiger partial charge in [-0.25, -0.2) is 4.79 Å². The van der Waals surface area contributed by atoms with Crippen LogP contribution in [0.5, 0.6) is 0 Å². The van der Waals surface area contributed by atoms with Crippen molar-refractivity contribution in [2.24, 2.45) is 0 Å². The van der Waals surface area contributed by atoms with E-state index in [4.69, 9.17) is 0 Å². The van der Waals surface area contributed by atoms with Crippen LogP contribution in [-0.4, -0.2) is 31.1 Å². The highest BCUT2D eigenvalue weighted by atomic mass is 16.5. The van der Waals surface area contributed by atoms with Crippen molar-refractivity contribution in [1.29, 1.82) is 0 Å². The molecule has 0 N–H and O–H groups in total. The maximum Gasteiger partial charge on any atom is 0.385 e. The molecule has 1 heterocycles. The van der Waals surface area contributed by atoms with Gasteiger partial charge in [0.05, 0.1) is 7.11 Å². The van der Waals surface area contributed by atoms with Crippen molar-refractivity contribution < 1.29 is 9.53 Å². The summed E-state index contributed by atoms with van der Waals surface area (Å²) in [7, 11) is 1.33. The zero-order valence-electron chi connectivity index (χ0n) is 6.59. The van der Waals surface area contributed by atoms with E-state index in [2.05, 4.69) is 16.7 Å². The van der Waals surface area contributed by atoms with Crippen LogP contribution in [0.4, 0.5) is 0 Å². The largest absolute Gasteiger partial charge is 0.459 e. The standard InChI is InChI=1S/C8H11NO2/c1-11-8(10)4-7-9-5-2-3-6-9/h2-3,5-6H2,1H3. The van der Waals surface area contributed by atoms with Crippen LogP contribution in [-0.2, 0) is 9.53 Å². The van der Waals surface area contributed by atoms with Crippen molar-refractivity contribution in [3.63, 3.8) is 0 Å². The average Bonchev–Trinajstić information content (AvgIpc) is 2.52. The van der Waals surface area contributed by atoms with Crippen molar-refractivity contribution in [2.75, 3.05) is 20.2 Å². The predicted octanol–water partition coefficient (Wildman–Crippen LogP) is 0.216. The maximum atomic E-state index is 10.5. The van der Waals surface area contributed by atoms with Crippen molar-refractivity contribution in [3.05, 3.63) is 0 Å². The van der Waals surface area contributed by atoms with Gasteiger partial charge >= 0.3 is 5.97 Å². The van der Waals surface area contributed by atoms with E-state index in [0.29, 0.717) is 0 Å². The van der Waals surface area contributed by atoms with Crippen molar-refractivity contribution in [3.8, 4) is 12.0 Å². The molecule has 1 aliphatic heterocycles. The van der Waals surface area contributed by atoms with E-state index in [-0.39, 0.29) is 0 Å². The summed E-state index contributed by atoms with van der Waals surface area (Å²) < 4.78 is 4.37. The minimum atomic E-state index is -0.461. The number of methoxy groups -OCH3 is 1. The molecule has 1 rings (SSSR count). The fraction of sp³-hybridized carbons (Fsp3) is 0.625. The third-order valence-corrected chi connectivity index (χ3v) is 1.61. The Morgan fingerprint density at radius 1 is 1.45 bits per heavy atom. The van der Waals surface area contributed by atoms with Gasteiger partial charge in [0.25, 0.3) is 0 Å². The molecule has 1 aliphatic rings. The zero-order valence-corrected chi connectivity index (χ0v) is 6.59. The van der Waals surface area contributed by atoms with Gasteiger partial charge in [-0.1, -0.05) is 0 Å².